The van der Waals surface area contributed by atoms with Crippen LogP contribution in [0.2, 0.25) is 0 Å². The van der Waals surface area contributed by atoms with Gasteiger partial charge in [0.15, 0.2) is 11.1 Å². The van der Waals surface area contributed by atoms with E-state index in [1.807, 2.05) is 47.0 Å². The zero-order valence-electron chi connectivity index (χ0n) is 14.4. The van der Waals surface area contributed by atoms with Crippen LogP contribution in [0, 0.1) is 0 Å². The van der Waals surface area contributed by atoms with Gasteiger partial charge in [0.1, 0.15) is 0 Å². The Bertz CT molecular complexity index is 1100. The number of nitrogens with one attached hydrogen (secondary N) is 1. The predicted molar refractivity (Wildman–Crippen MR) is 104 cm³/mol. The Morgan fingerprint density at radius 1 is 1.00 bits per heavy atom. The van der Waals surface area contributed by atoms with E-state index in [-0.39, 0.29) is 5.43 Å². The maximum atomic E-state index is 12.2. The van der Waals surface area contributed by atoms with Gasteiger partial charge < -0.3 is 9.88 Å². The first-order valence-corrected chi connectivity index (χ1v) is 8.54. The second-order valence-corrected chi connectivity index (χ2v) is 5.99. The molecule has 128 valence electrons. The normalized spacial score (nSPS) is 10.8. The first-order chi connectivity index (χ1) is 12.7. The molecule has 4 aromatic rings. The van der Waals surface area contributed by atoms with Crippen molar-refractivity contribution < 1.29 is 0 Å². The van der Waals surface area contributed by atoms with Crippen LogP contribution < -0.4 is 10.7 Å². The summed E-state index contributed by atoms with van der Waals surface area (Å²) < 4.78 is 1.91. The molecular weight excluding hydrogens is 324 g/mol. The molecule has 4 rings (SSSR count). The molecule has 0 spiro atoms. The van der Waals surface area contributed by atoms with Crippen molar-refractivity contribution in [1.82, 2.24) is 14.5 Å². The fourth-order valence-corrected chi connectivity index (χ4v) is 2.84. The van der Waals surface area contributed by atoms with Gasteiger partial charge in [-0.2, -0.15) is 4.98 Å². The number of rotatable bonds is 4. The molecule has 1 N–H and O–H groups in total. The third-order valence-corrected chi connectivity index (χ3v) is 4.29. The van der Waals surface area contributed by atoms with Crippen LogP contribution in [0.4, 0.5) is 11.6 Å². The molecule has 0 bridgehead atoms. The number of pyridine rings is 1. The Hall–Kier alpha value is -3.47. The minimum absolute atomic E-state index is 0.0901. The first-order valence-electron chi connectivity index (χ1n) is 8.54. The van der Waals surface area contributed by atoms with Crippen LogP contribution in [0.5, 0.6) is 0 Å². The molecule has 2 aromatic carbocycles. The minimum atomic E-state index is -0.0901. The highest BCUT2D eigenvalue weighted by molar-refractivity contribution is 5.77. The van der Waals surface area contributed by atoms with E-state index < -0.39 is 0 Å². The Kier molecular flexibility index (Phi) is 4.19. The van der Waals surface area contributed by atoms with Gasteiger partial charge in [0, 0.05) is 29.8 Å². The SMILES string of the molecule is CCc1ccc(-n2ccc(=O)c3cnc(Nc4ccccc4)nc32)cc1. The summed E-state index contributed by atoms with van der Waals surface area (Å²) in [6, 6.07) is 19.5. The predicted octanol–water partition coefficient (Wildman–Crippen LogP) is 4.09. The number of benzene rings is 2. The van der Waals surface area contributed by atoms with Crippen molar-refractivity contribution in [1.29, 1.82) is 0 Å². The fourth-order valence-electron chi connectivity index (χ4n) is 2.84. The summed E-state index contributed by atoms with van der Waals surface area (Å²) >= 11 is 0. The number of nitrogens with zero attached hydrogens (tertiary/aromatic N) is 3. The van der Waals surface area contributed by atoms with E-state index in [1.54, 1.807) is 18.5 Å². The summed E-state index contributed by atoms with van der Waals surface area (Å²) in [6.45, 7) is 2.12. The van der Waals surface area contributed by atoms with Crippen LogP contribution in [-0.4, -0.2) is 14.5 Å². The number of anilines is 2. The molecule has 0 radical (unpaired) electrons. The van der Waals surface area contributed by atoms with Gasteiger partial charge in [0.25, 0.3) is 0 Å². The van der Waals surface area contributed by atoms with E-state index >= 15 is 0 Å². The van der Waals surface area contributed by atoms with Gasteiger partial charge in [-0.05, 0) is 36.2 Å². The van der Waals surface area contributed by atoms with E-state index in [4.69, 9.17) is 0 Å². The Morgan fingerprint density at radius 2 is 1.77 bits per heavy atom. The molecule has 2 aromatic heterocycles. The van der Waals surface area contributed by atoms with Gasteiger partial charge >= 0.3 is 0 Å². The molecule has 0 saturated heterocycles. The molecule has 0 saturated carbocycles. The number of para-hydroxylation sites is 1. The Morgan fingerprint density at radius 3 is 2.50 bits per heavy atom. The van der Waals surface area contributed by atoms with Crippen LogP contribution >= 0.6 is 0 Å². The smallest absolute Gasteiger partial charge is 0.229 e. The molecule has 0 amide bonds. The number of hydrogen-bond acceptors (Lipinski definition) is 4. The molecule has 0 aliphatic carbocycles. The number of hydrogen-bond donors (Lipinski definition) is 1. The van der Waals surface area contributed by atoms with Crippen molar-refractivity contribution in [2.75, 3.05) is 5.32 Å². The maximum Gasteiger partial charge on any atom is 0.229 e. The lowest BCUT2D eigenvalue weighted by molar-refractivity contribution is 1.04. The monoisotopic (exact) mass is 342 g/mol. The molecule has 2 heterocycles. The highest BCUT2D eigenvalue weighted by Crippen LogP contribution is 2.18. The maximum absolute atomic E-state index is 12.2. The largest absolute Gasteiger partial charge is 0.324 e. The highest BCUT2D eigenvalue weighted by Gasteiger charge is 2.09. The quantitative estimate of drug-likeness (QED) is 0.607. The van der Waals surface area contributed by atoms with Gasteiger partial charge in [-0.1, -0.05) is 37.3 Å². The molecule has 0 unspecified atom stereocenters. The highest BCUT2D eigenvalue weighted by atomic mass is 16.1. The van der Waals surface area contributed by atoms with Crippen LogP contribution in [0.1, 0.15) is 12.5 Å². The van der Waals surface area contributed by atoms with Crippen molar-refractivity contribution in [3.8, 4) is 5.69 Å². The molecule has 5 heteroatoms. The van der Waals surface area contributed by atoms with Gasteiger partial charge in [0.2, 0.25) is 5.95 Å². The lowest BCUT2D eigenvalue weighted by Crippen LogP contribution is -2.10. The fraction of sp³-hybridized carbons (Fsp3) is 0.0952. The van der Waals surface area contributed by atoms with Crippen LogP contribution in [0.3, 0.4) is 0 Å². The van der Waals surface area contributed by atoms with Crippen molar-refractivity contribution >= 4 is 22.7 Å². The number of aryl methyl sites for hydroxylation is 1. The van der Waals surface area contributed by atoms with Crippen LogP contribution in [0.25, 0.3) is 16.7 Å². The second-order valence-electron chi connectivity index (χ2n) is 5.99. The van der Waals surface area contributed by atoms with Gasteiger partial charge in [0.05, 0.1) is 5.39 Å². The van der Waals surface area contributed by atoms with Gasteiger partial charge in [-0.15, -0.1) is 0 Å². The molecular formula is C21H18N4O. The molecule has 0 atom stereocenters. The van der Waals surface area contributed by atoms with Crippen molar-refractivity contribution in [3.63, 3.8) is 0 Å². The van der Waals surface area contributed by atoms with Crippen molar-refractivity contribution in [3.05, 3.63) is 88.8 Å². The summed E-state index contributed by atoms with van der Waals surface area (Å²) in [5.74, 6) is 0.452. The molecule has 5 nitrogen and oxygen atoms in total. The lowest BCUT2D eigenvalue weighted by atomic mass is 10.1. The number of fused-ring (bicyclic) bond motifs is 1. The zero-order chi connectivity index (χ0) is 17.9. The van der Waals surface area contributed by atoms with Gasteiger partial charge in [-0.3, -0.25) is 4.79 Å². The third-order valence-electron chi connectivity index (χ3n) is 4.29. The average Bonchev–Trinajstić information content (AvgIpc) is 2.69. The van der Waals surface area contributed by atoms with E-state index in [0.29, 0.717) is 17.0 Å². The van der Waals surface area contributed by atoms with Crippen molar-refractivity contribution in [2.45, 2.75) is 13.3 Å². The zero-order valence-corrected chi connectivity index (χ0v) is 14.4. The first kappa shape index (κ1) is 16.0. The third kappa shape index (κ3) is 3.07. The van der Waals surface area contributed by atoms with E-state index in [2.05, 4.69) is 34.3 Å². The Labute approximate surface area is 151 Å². The second kappa shape index (κ2) is 6.80. The van der Waals surface area contributed by atoms with Crippen molar-refractivity contribution in [2.24, 2.45) is 0 Å². The molecule has 0 fully saturated rings. The Balaban J connectivity index is 1.83. The summed E-state index contributed by atoms with van der Waals surface area (Å²) in [5.41, 5.74) is 3.60. The van der Waals surface area contributed by atoms with Gasteiger partial charge in [-0.25, -0.2) is 4.98 Å². The minimum Gasteiger partial charge on any atom is -0.324 e. The topological polar surface area (TPSA) is 59.8 Å². The summed E-state index contributed by atoms with van der Waals surface area (Å²) in [5, 5.41) is 3.67. The van der Waals surface area contributed by atoms with E-state index in [0.717, 1.165) is 17.8 Å². The van der Waals surface area contributed by atoms with Crippen LogP contribution in [0.15, 0.2) is 77.9 Å². The number of aromatic nitrogens is 3. The molecule has 0 aliphatic rings. The molecule has 0 aliphatic heterocycles. The van der Waals surface area contributed by atoms with Crippen LogP contribution in [-0.2, 0) is 6.42 Å². The average molecular weight is 342 g/mol. The summed E-state index contributed by atoms with van der Waals surface area (Å²) in [4.78, 5) is 21.1. The lowest BCUT2D eigenvalue weighted by Gasteiger charge is -2.12. The summed E-state index contributed by atoms with van der Waals surface area (Å²) in [6.07, 6.45) is 4.32. The standard InChI is InChI=1S/C21H18N4O/c1-2-15-8-10-17(11-9-15)25-13-12-19(26)18-14-22-21(24-20(18)25)23-16-6-4-3-5-7-16/h3-14H,2H2,1H3,(H,22,23,24). The summed E-state index contributed by atoms with van der Waals surface area (Å²) in [7, 11) is 0. The van der Waals surface area contributed by atoms with E-state index in [9.17, 15) is 4.79 Å². The van der Waals surface area contributed by atoms with E-state index in [1.165, 1.54) is 5.56 Å². The molecule has 26 heavy (non-hydrogen) atoms.